The molecule has 0 bridgehead atoms. The van der Waals surface area contributed by atoms with Gasteiger partial charge in [-0.1, -0.05) is 6.07 Å². The van der Waals surface area contributed by atoms with Gasteiger partial charge in [-0.2, -0.15) is 0 Å². The Hall–Kier alpha value is -1.90. The second-order valence-corrected chi connectivity index (χ2v) is 8.89. The number of carbonyl (C=O) groups is 1. The van der Waals surface area contributed by atoms with Gasteiger partial charge in [-0.15, -0.1) is 23.1 Å². The summed E-state index contributed by atoms with van der Waals surface area (Å²) < 4.78 is 5.73. The minimum atomic E-state index is -0.423. The highest BCUT2D eigenvalue weighted by molar-refractivity contribution is 8.00. The Balaban J connectivity index is 1.66. The SMILES string of the molecule is CC(Sc1ccc([N+](=O)[O-])cc1)C(=O)N(Cc1cccs1)CC1CCCO1. The Labute approximate surface area is 166 Å². The largest absolute Gasteiger partial charge is 0.376 e. The van der Waals surface area contributed by atoms with Crippen molar-refractivity contribution < 1.29 is 14.5 Å². The lowest BCUT2D eigenvalue weighted by Crippen LogP contribution is -2.40. The van der Waals surface area contributed by atoms with Crippen molar-refractivity contribution in [1.29, 1.82) is 0 Å². The lowest BCUT2D eigenvalue weighted by Gasteiger charge is -2.27. The topological polar surface area (TPSA) is 72.7 Å². The van der Waals surface area contributed by atoms with Crippen LogP contribution in [0.2, 0.25) is 0 Å². The van der Waals surface area contributed by atoms with Gasteiger partial charge in [-0.25, -0.2) is 0 Å². The quantitative estimate of drug-likeness (QED) is 0.370. The Morgan fingerprint density at radius 1 is 1.41 bits per heavy atom. The number of thiophene rings is 1. The molecule has 0 N–H and O–H groups in total. The van der Waals surface area contributed by atoms with E-state index in [0.717, 1.165) is 29.2 Å². The molecule has 2 aromatic rings. The Morgan fingerprint density at radius 2 is 2.19 bits per heavy atom. The van der Waals surface area contributed by atoms with Crippen LogP contribution in [0.5, 0.6) is 0 Å². The highest BCUT2D eigenvalue weighted by atomic mass is 32.2. The van der Waals surface area contributed by atoms with Gasteiger partial charge >= 0.3 is 0 Å². The third-order valence-electron chi connectivity index (χ3n) is 4.39. The van der Waals surface area contributed by atoms with Crippen LogP contribution in [0.1, 0.15) is 24.6 Å². The van der Waals surface area contributed by atoms with Crippen LogP contribution in [0, 0.1) is 10.1 Å². The third-order valence-corrected chi connectivity index (χ3v) is 6.36. The summed E-state index contributed by atoms with van der Waals surface area (Å²) in [5.41, 5.74) is 0.0519. The normalized spacial score (nSPS) is 17.6. The van der Waals surface area contributed by atoms with Crippen LogP contribution in [0.3, 0.4) is 0 Å². The highest BCUT2D eigenvalue weighted by Gasteiger charge is 2.26. The van der Waals surface area contributed by atoms with Crippen LogP contribution < -0.4 is 0 Å². The molecule has 8 heteroatoms. The first-order valence-corrected chi connectivity index (χ1v) is 10.6. The first-order valence-electron chi connectivity index (χ1n) is 8.87. The van der Waals surface area contributed by atoms with E-state index in [-0.39, 0.29) is 22.9 Å². The van der Waals surface area contributed by atoms with Crippen LogP contribution in [-0.2, 0) is 16.1 Å². The fourth-order valence-corrected chi connectivity index (χ4v) is 4.69. The van der Waals surface area contributed by atoms with E-state index in [0.29, 0.717) is 13.1 Å². The number of rotatable bonds is 8. The van der Waals surface area contributed by atoms with Crippen molar-refractivity contribution in [2.24, 2.45) is 0 Å². The molecule has 6 nitrogen and oxygen atoms in total. The van der Waals surface area contributed by atoms with E-state index in [9.17, 15) is 14.9 Å². The van der Waals surface area contributed by atoms with E-state index >= 15 is 0 Å². The monoisotopic (exact) mass is 406 g/mol. The molecule has 3 rings (SSSR count). The van der Waals surface area contributed by atoms with E-state index in [4.69, 9.17) is 4.74 Å². The van der Waals surface area contributed by atoms with Crippen molar-refractivity contribution in [3.05, 3.63) is 56.8 Å². The molecule has 1 aliphatic rings. The molecule has 0 radical (unpaired) electrons. The fraction of sp³-hybridized carbons (Fsp3) is 0.421. The standard InChI is InChI=1S/C19H22N2O4S2/c1-14(27-17-8-6-15(7-9-17)21(23)24)19(22)20(12-16-4-2-10-25-16)13-18-5-3-11-26-18/h3,5-9,11,14,16H,2,4,10,12-13H2,1H3. The van der Waals surface area contributed by atoms with Gasteiger partial charge in [0.2, 0.25) is 5.91 Å². The fourth-order valence-electron chi connectivity index (χ4n) is 3.02. The molecule has 1 amide bonds. The number of carbonyl (C=O) groups excluding carboxylic acids is 1. The molecular formula is C19H22N2O4S2. The first kappa shape index (κ1) is 19.9. The van der Waals surface area contributed by atoms with E-state index in [1.165, 1.54) is 23.9 Å². The smallest absolute Gasteiger partial charge is 0.269 e. The third kappa shape index (κ3) is 5.54. The first-order chi connectivity index (χ1) is 13.0. The molecule has 0 aliphatic carbocycles. The molecule has 2 atom stereocenters. The van der Waals surface area contributed by atoms with Crippen molar-refractivity contribution in [1.82, 2.24) is 4.90 Å². The van der Waals surface area contributed by atoms with Gasteiger partial charge in [-0.05, 0) is 43.3 Å². The number of hydrogen-bond acceptors (Lipinski definition) is 6. The zero-order valence-electron chi connectivity index (χ0n) is 15.1. The summed E-state index contributed by atoms with van der Waals surface area (Å²) in [5.74, 6) is 0.0576. The minimum absolute atomic E-state index is 0.0519. The number of ether oxygens (including phenoxy) is 1. The predicted molar refractivity (Wildman–Crippen MR) is 107 cm³/mol. The maximum Gasteiger partial charge on any atom is 0.269 e. The summed E-state index contributed by atoms with van der Waals surface area (Å²) >= 11 is 3.06. The van der Waals surface area contributed by atoms with Gasteiger partial charge in [0.15, 0.2) is 0 Å². The number of nitrogens with zero attached hydrogens (tertiary/aromatic N) is 2. The van der Waals surface area contributed by atoms with Crippen LogP contribution >= 0.6 is 23.1 Å². The molecule has 0 saturated carbocycles. The molecular weight excluding hydrogens is 384 g/mol. The maximum absolute atomic E-state index is 13.1. The Kier molecular flexibility index (Phi) is 6.87. The summed E-state index contributed by atoms with van der Waals surface area (Å²) in [4.78, 5) is 27.3. The molecule has 144 valence electrons. The molecule has 1 aliphatic heterocycles. The highest BCUT2D eigenvalue weighted by Crippen LogP contribution is 2.28. The minimum Gasteiger partial charge on any atom is -0.376 e. The van der Waals surface area contributed by atoms with Gasteiger partial charge in [-0.3, -0.25) is 14.9 Å². The summed E-state index contributed by atoms with van der Waals surface area (Å²) in [5, 5.41) is 12.5. The zero-order chi connectivity index (χ0) is 19.2. The van der Waals surface area contributed by atoms with Crippen LogP contribution in [0.25, 0.3) is 0 Å². The van der Waals surface area contributed by atoms with Crippen LogP contribution in [-0.4, -0.2) is 40.2 Å². The Morgan fingerprint density at radius 3 is 2.78 bits per heavy atom. The summed E-state index contributed by atoms with van der Waals surface area (Å²) in [6.07, 6.45) is 2.13. The van der Waals surface area contributed by atoms with Gasteiger partial charge in [0.05, 0.1) is 22.8 Å². The molecule has 1 aromatic carbocycles. The van der Waals surface area contributed by atoms with Crippen molar-refractivity contribution in [3.63, 3.8) is 0 Å². The van der Waals surface area contributed by atoms with Crippen LogP contribution in [0.4, 0.5) is 5.69 Å². The van der Waals surface area contributed by atoms with E-state index in [2.05, 4.69) is 0 Å². The molecule has 2 unspecified atom stereocenters. The van der Waals surface area contributed by atoms with Crippen molar-refractivity contribution in [3.8, 4) is 0 Å². The Bertz CT molecular complexity index is 759. The maximum atomic E-state index is 13.1. The number of benzene rings is 1. The number of hydrogen-bond donors (Lipinski definition) is 0. The molecule has 1 saturated heterocycles. The average Bonchev–Trinajstić information content (AvgIpc) is 3.35. The van der Waals surface area contributed by atoms with Crippen molar-refractivity contribution >= 4 is 34.7 Å². The van der Waals surface area contributed by atoms with E-state index in [1.807, 2.05) is 29.3 Å². The summed E-state index contributed by atoms with van der Waals surface area (Å²) in [6.45, 7) is 3.83. The van der Waals surface area contributed by atoms with Gasteiger partial charge in [0.25, 0.3) is 5.69 Å². The second-order valence-electron chi connectivity index (χ2n) is 6.44. The molecule has 27 heavy (non-hydrogen) atoms. The van der Waals surface area contributed by atoms with Gasteiger partial charge in [0.1, 0.15) is 0 Å². The number of amides is 1. The van der Waals surface area contributed by atoms with Crippen molar-refractivity contribution in [2.75, 3.05) is 13.2 Å². The number of nitro groups is 1. The predicted octanol–water partition coefficient (Wildman–Crippen LogP) is 4.34. The zero-order valence-corrected chi connectivity index (χ0v) is 16.7. The average molecular weight is 407 g/mol. The van der Waals surface area contributed by atoms with E-state index in [1.54, 1.807) is 23.5 Å². The molecule has 1 aromatic heterocycles. The van der Waals surface area contributed by atoms with E-state index < -0.39 is 4.92 Å². The van der Waals surface area contributed by atoms with Gasteiger partial charge < -0.3 is 9.64 Å². The lowest BCUT2D eigenvalue weighted by molar-refractivity contribution is -0.384. The molecule has 1 fully saturated rings. The number of nitro benzene ring substituents is 1. The lowest BCUT2D eigenvalue weighted by atomic mass is 10.2. The van der Waals surface area contributed by atoms with Crippen molar-refractivity contribution in [2.45, 2.75) is 42.6 Å². The molecule has 0 spiro atoms. The number of non-ortho nitro benzene ring substituents is 1. The molecule has 2 heterocycles. The van der Waals surface area contributed by atoms with Gasteiger partial charge in [0, 0.05) is 35.1 Å². The second kappa shape index (κ2) is 9.34. The summed E-state index contributed by atoms with van der Waals surface area (Å²) in [6, 6.07) is 10.3. The summed E-state index contributed by atoms with van der Waals surface area (Å²) in [7, 11) is 0. The number of thioether (sulfide) groups is 1. The van der Waals surface area contributed by atoms with Crippen LogP contribution in [0.15, 0.2) is 46.7 Å².